The Morgan fingerprint density at radius 1 is 1.24 bits per heavy atom. The minimum absolute atomic E-state index is 0.00894. The molecule has 1 aliphatic rings. The third kappa shape index (κ3) is 3.37. The molecule has 0 saturated carbocycles. The van der Waals surface area contributed by atoms with Gasteiger partial charge < -0.3 is 14.6 Å². The third-order valence-electron chi connectivity index (χ3n) is 4.41. The van der Waals surface area contributed by atoms with Crippen molar-refractivity contribution >= 4 is 34.3 Å². The van der Waals surface area contributed by atoms with Gasteiger partial charge in [0.25, 0.3) is 0 Å². The molecular weight excluding hydrogens is 332 g/mol. The van der Waals surface area contributed by atoms with E-state index in [9.17, 15) is 4.79 Å². The number of nitrogens with zero attached hydrogens (tertiary/aromatic N) is 1. The Bertz CT molecular complexity index is 872. The molecule has 2 aromatic carbocycles. The van der Waals surface area contributed by atoms with Crippen molar-refractivity contribution in [3.63, 3.8) is 0 Å². The summed E-state index contributed by atoms with van der Waals surface area (Å²) in [6.07, 6.45) is 0. The standard InChI is InChI=1S/C20H20N2O2S/c1-14(18-12-15-6-2-4-8-17(15)24-18)21-20(23)13-22-10-11-25-19-9-5-3-7-16(19)22/h2-9,12,14H,10-11,13H2,1H3,(H,21,23)/t14-/m0/s1. The Kier molecular flexibility index (Phi) is 4.40. The molecule has 0 radical (unpaired) electrons. The van der Waals surface area contributed by atoms with Crippen molar-refractivity contribution in [2.24, 2.45) is 0 Å². The monoisotopic (exact) mass is 352 g/mol. The van der Waals surface area contributed by atoms with Crippen LogP contribution in [-0.2, 0) is 4.79 Å². The van der Waals surface area contributed by atoms with Crippen LogP contribution in [0.5, 0.6) is 0 Å². The maximum atomic E-state index is 12.5. The van der Waals surface area contributed by atoms with Crippen LogP contribution in [-0.4, -0.2) is 24.7 Å². The number of fused-ring (bicyclic) bond motifs is 2. The van der Waals surface area contributed by atoms with Crippen LogP contribution in [0, 0.1) is 0 Å². The lowest BCUT2D eigenvalue weighted by Crippen LogP contribution is -2.40. The van der Waals surface area contributed by atoms with Gasteiger partial charge in [-0.2, -0.15) is 0 Å². The van der Waals surface area contributed by atoms with Crippen molar-refractivity contribution in [1.82, 2.24) is 5.32 Å². The lowest BCUT2D eigenvalue weighted by molar-refractivity contribution is -0.120. The predicted molar refractivity (Wildman–Crippen MR) is 102 cm³/mol. The van der Waals surface area contributed by atoms with Gasteiger partial charge in [0.2, 0.25) is 5.91 Å². The van der Waals surface area contributed by atoms with Gasteiger partial charge in [0.05, 0.1) is 18.3 Å². The average Bonchev–Trinajstić information content (AvgIpc) is 3.06. The highest BCUT2D eigenvalue weighted by Crippen LogP contribution is 2.34. The van der Waals surface area contributed by atoms with Crippen molar-refractivity contribution in [3.05, 3.63) is 60.4 Å². The van der Waals surface area contributed by atoms with Gasteiger partial charge >= 0.3 is 0 Å². The average molecular weight is 352 g/mol. The number of thioether (sulfide) groups is 1. The fourth-order valence-corrected chi connectivity index (χ4v) is 4.19. The van der Waals surface area contributed by atoms with Crippen LogP contribution >= 0.6 is 11.8 Å². The van der Waals surface area contributed by atoms with E-state index in [4.69, 9.17) is 4.42 Å². The van der Waals surface area contributed by atoms with Crippen LogP contribution in [0.25, 0.3) is 11.0 Å². The lowest BCUT2D eigenvalue weighted by atomic mass is 10.2. The largest absolute Gasteiger partial charge is 0.459 e. The number of para-hydroxylation sites is 2. The second kappa shape index (κ2) is 6.84. The number of carbonyl (C=O) groups excluding carboxylic acids is 1. The van der Waals surface area contributed by atoms with Crippen molar-refractivity contribution < 1.29 is 9.21 Å². The van der Waals surface area contributed by atoms with E-state index in [1.165, 1.54) is 4.90 Å². The van der Waals surface area contributed by atoms with Crippen LogP contribution < -0.4 is 10.2 Å². The summed E-state index contributed by atoms with van der Waals surface area (Å²) < 4.78 is 5.85. The Balaban J connectivity index is 1.44. The second-order valence-corrected chi connectivity index (χ2v) is 7.35. The van der Waals surface area contributed by atoms with E-state index in [1.807, 2.05) is 61.2 Å². The number of nitrogens with one attached hydrogen (secondary N) is 1. The summed E-state index contributed by atoms with van der Waals surface area (Å²) in [6, 6.07) is 18.0. The summed E-state index contributed by atoms with van der Waals surface area (Å²) in [5.74, 6) is 1.79. The lowest BCUT2D eigenvalue weighted by Gasteiger charge is -2.30. The van der Waals surface area contributed by atoms with Crippen LogP contribution in [0.4, 0.5) is 5.69 Å². The van der Waals surface area contributed by atoms with E-state index >= 15 is 0 Å². The Hall–Kier alpha value is -2.40. The van der Waals surface area contributed by atoms with E-state index in [0.717, 1.165) is 34.7 Å². The maximum Gasteiger partial charge on any atom is 0.240 e. The Morgan fingerprint density at radius 3 is 2.92 bits per heavy atom. The number of hydrogen-bond acceptors (Lipinski definition) is 4. The number of hydrogen-bond donors (Lipinski definition) is 1. The number of furan rings is 1. The summed E-state index contributed by atoms with van der Waals surface area (Å²) in [4.78, 5) is 15.9. The molecular formula is C20H20N2O2S. The minimum Gasteiger partial charge on any atom is -0.459 e. The summed E-state index contributed by atoms with van der Waals surface area (Å²) >= 11 is 1.84. The normalized spacial score (nSPS) is 15.0. The number of benzene rings is 2. The maximum absolute atomic E-state index is 12.5. The molecule has 1 atom stereocenters. The third-order valence-corrected chi connectivity index (χ3v) is 5.45. The molecule has 0 fully saturated rings. The molecule has 5 heteroatoms. The Labute approximate surface area is 151 Å². The van der Waals surface area contributed by atoms with Gasteiger partial charge in [-0.1, -0.05) is 30.3 Å². The van der Waals surface area contributed by atoms with E-state index < -0.39 is 0 Å². The molecule has 128 valence electrons. The summed E-state index contributed by atoms with van der Waals surface area (Å²) in [5, 5.41) is 4.11. The summed E-state index contributed by atoms with van der Waals surface area (Å²) in [5.41, 5.74) is 1.99. The highest BCUT2D eigenvalue weighted by molar-refractivity contribution is 7.99. The van der Waals surface area contributed by atoms with Gasteiger partial charge in [0.15, 0.2) is 0 Å². The number of carbonyl (C=O) groups is 1. The molecule has 0 aliphatic carbocycles. The zero-order valence-electron chi connectivity index (χ0n) is 14.1. The molecule has 1 aliphatic heterocycles. The van der Waals surface area contributed by atoms with Gasteiger partial charge in [0.1, 0.15) is 11.3 Å². The number of anilines is 1. The predicted octanol–water partition coefficient (Wildman–Crippen LogP) is 4.22. The van der Waals surface area contributed by atoms with Crippen molar-refractivity contribution in [3.8, 4) is 0 Å². The molecule has 3 aromatic rings. The number of amides is 1. The van der Waals surface area contributed by atoms with Crippen LogP contribution in [0.2, 0.25) is 0 Å². The molecule has 0 spiro atoms. The molecule has 0 unspecified atom stereocenters. The van der Waals surface area contributed by atoms with Crippen LogP contribution in [0.1, 0.15) is 18.7 Å². The first-order valence-electron chi connectivity index (χ1n) is 8.45. The zero-order valence-corrected chi connectivity index (χ0v) is 14.9. The van der Waals surface area contributed by atoms with Crippen molar-refractivity contribution in [2.45, 2.75) is 17.9 Å². The highest BCUT2D eigenvalue weighted by Gasteiger charge is 2.21. The molecule has 4 nitrogen and oxygen atoms in total. The summed E-state index contributed by atoms with van der Waals surface area (Å²) in [6.45, 7) is 3.20. The molecule has 1 amide bonds. The quantitative estimate of drug-likeness (QED) is 0.763. The molecule has 0 saturated heterocycles. The van der Waals surface area contributed by atoms with Gasteiger partial charge in [0, 0.05) is 22.6 Å². The van der Waals surface area contributed by atoms with Crippen LogP contribution in [0.15, 0.2) is 63.9 Å². The first-order valence-corrected chi connectivity index (χ1v) is 9.44. The van der Waals surface area contributed by atoms with E-state index in [-0.39, 0.29) is 11.9 Å². The second-order valence-electron chi connectivity index (χ2n) is 6.21. The van der Waals surface area contributed by atoms with Crippen molar-refractivity contribution in [1.29, 1.82) is 0 Å². The van der Waals surface area contributed by atoms with Gasteiger partial charge in [-0.15, -0.1) is 11.8 Å². The SMILES string of the molecule is C[C@H](NC(=O)CN1CCSc2ccccc21)c1cc2ccccc2o1. The Morgan fingerprint density at radius 2 is 2.04 bits per heavy atom. The summed E-state index contributed by atoms with van der Waals surface area (Å²) in [7, 11) is 0. The van der Waals surface area contributed by atoms with E-state index in [2.05, 4.69) is 22.3 Å². The topological polar surface area (TPSA) is 45.5 Å². The van der Waals surface area contributed by atoms with Crippen LogP contribution in [0.3, 0.4) is 0 Å². The van der Waals surface area contributed by atoms with E-state index in [0.29, 0.717) is 6.54 Å². The fraction of sp³-hybridized carbons (Fsp3) is 0.250. The smallest absolute Gasteiger partial charge is 0.240 e. The minimum atomic E-state index is -0.158. The first-order chi connectivity index (χ1) is 12.2. The molecule has 1 aromatic heterocycles. The van der Waals surface area contributed by atoms with Gasteiger partial charge in [-0.25, -0.2) is 0 Å². The fourth-order valence-electron chi connectivity index (χ4n) is 3.14. The molecule has 0 bridgehead atoms. The molecule has 4 rings (SSSR count). The zero-order chi connectivity index (χ0) is 17.2. The van der Waals surface area contributed by atoms with Crippen molar-refractivity contribution in [2.75, 3.05) is 23.7 Å². The number of rotatable bonds is 4. The highest BCUT2D eigenvalue weighted by atomic mass is 32.2. The van der Waals surface area contributed by atoms with Gasteiger partial charge in [-0.05, 0) is 31.2 Å². The molecule has 1 N–H and O–H groups in total. The molecule has 25 heavy (non-hydrogen) atoms. The first kappa shape index (κ1) is 16.1. The van der Waals surface area contributed by atoms with Gasteiger partial charge in [-0.3, -0.25) is 4.79 Å². The molecule has 2 heterocycles. The van der Waals surface area contributed by atoms with E-state index in [1.54, 1.807) is 0 Å².